The zero-order chi connectivity index (χ0) is 17.2. The van der Waals surface area contributed by atoms with Crippen molar-refractivity contribution in [2.75, 3.05) is 19.6 Å². The van der Waals surface area contributed by atoms with Gasteiger partial charge in [0.15, 0.2) is 5.76 Å². The van der Waals surface area contributed by atoms with Gasteiger partial charge in [-0.2, -0.15) is 4.72 Å². The van der Waals surface area contributed by atoms with Gasteiger partial charge in [-0.25, -0.2) is 8.42 Å². The summed E-state index contributed by atoms with van der Waals surface area (Å²) in [4.78, 5) is 12.0. The van der Waals surface area contributed by atoms with Crippen LogP contribution in [0.1, 0.15) is 18.4 Å². The molecule has 3 atom stereocenters. The molecule has 1 aliphatic heterocycles. The first-order valence-electron chi connectivity index (χ1n) is 7.34. The monoisotopic (exact) mass is 346 g/mol. The zero-order valence-corrected chi connectivity index (χ0v) is 14.1. The van der Waals surface area contributed by atoms with Crippen molar-refractivity contribution < 1.29 is 22.8 Å². The highest BCUT2D eigenvalue weighted by Crippen LogP contribution is 2.18. The van der Waals surface area contributed by atoms with Crippen molar-refractivity contribution in [2.24, 2.45) is 5.92 Å². The van der Waals surface area contributed by atoms with Crippen LogP contribution in [-0.2, 0) is 14.8 Å². The largest absolute Gasteiger partial charge is 0.391 e. The van der Waals surface area contributed by atoms with Crippen LogP contribution in [0.4, 0.5) is 0 Å². The summed E-state index contributed by atoms with van der Waals surface area (Å²) in [6.45, 7) is 5.85. The molecule has 130 valence electrons. The van der Waals surface area contributed by atoms with Gasteiger partial charge in [0.25, 0.3) is 0 Å². The standard InChI is InChI=1S/C13H22N4O5S/c1-7-12(9(3)22-16-7)23(20,21)17-8(2)13(19)15-5-10-4-14-6-11(10)18/h8,10-11,14,17-18H,4-6H2,1-3H3,(H,15,19). The van der Waals surface area contributed by atoms with Gasteiger partial charge in [0.2, 0.25) is 15.9 Å². The van der Waals surface area contributed by atoms with Crippen LogP contribution in [0.3, 0.4) is 0 Å². The summed E-state index contributed by atoms with van der Waals surface area (Å²) >= 11 is 0. The molecular weight excluding hydrogens is 324 g/mol. The van der Waals surface area contributed by atoms with Crippen molar-refractivity contribution in [3.63, 3.8) is 0 Å². The van der Waals surface area contributed by atoms with Crippen molar-refractivity contribution in [2.45, 2.75) is 37.8 Å². The third-order valence-corrected chi connectivity index (χ3v) is 5.59. The Balaban J connectivity index is 1.95. The Morgan fingerprint density at radius 2 is 2.17 bits per heavy atom. The van der Waals surface area contributed by atoms with Gasteiger partial charge in [0, 0.05) is 25.6 Å². The molecule has 0 radical (unpaired) electrons. The van der Waals surface area contributed by atoms with Crippen LogP contribution in [0.15, 0.2) is 9.42 Å². The normalized spacial score (nSPS) is 23.0. The Kier molecular flexibility index (Phi) is 5.40. The minimum absolute atomic E-state index is 0.0486. The van der Waals surface area contributed by atoms with E-state index in [-0.39, 0.29) is 28.8 Å². The van der Waals surface area contributed by atoms with Crippen LogP contribution in [0.5, 0.6) is 0 Å². The molecule has 0 aromatic carbocycles. The van der Waals surface area contributed by atoms with Crippen molar-refractivity contribution >= 4 is 15.9 Å². The quantitative estimate of drug-likeness (QED) is 0.501. The van der Waals surface area contributed by atoms with E-state index in [1.54, 1.807) is 0 Å². The van der Waals surface area contributed by atoms with E-state index in [0.717, 1.165) is 0 Å². The van der Waals surface area contributed by atoms with Gasteiger partial charge in [-0.3, -0.25) is 4.79 Å². The number of amides is 1. The molecule has 3 unspecified atom stereocenters. The summed E-state index contributed by atoms with van der Waals surface area (Å²) in [5, 5.41) is 18.9. The van der Waals surface area contributed by atoms with Gasteiger partial charge in [-0.1, -0.05) is 5.16 Å². The summed E-state index contributed by atoms with van der Waals surface area (Å²) in [6, 6.07) is -0.958. The number of carbonyl (C=O) groups excluding carboxylic acids is 1. The van der Waals surface area contributed by atoms with Crippen molar-refractivity contribution in [3.8, 4) is 0 Å². The molecule has 1 aromatic heterocycles. The number of rotatable bonds is 6. The third-order valence-electron chi connectivity index (χ3n) is 3.80. The minimum Gasteiger partial charge on any atom is -0.391 e. The first kappa shape index (κ1) is 17.9. The number of aromatic nitrogens is 1. The number of aryl methyl sites for hydroxylation is 2. The van der Waals surface area contributed by atoms with E-state index in [9.17, 15) is 18.3 Å². The molecular formula is C13H22N4O5S. The Hall–Kier alpha value is -1.49. The maximum Gasteiger partial charge on any atom is 0.246 e. The van der Waals surface area contributed by atoms with Crippen LogP contribution in [-0.4, -0.2) is 56.4 Å². The summed E-state index contributed by atoms with van der Waals surface area (Å²) in [5.41, 5.74) is 0.239. The minimum atomic E-state index is -3.90. The average molecular weight is 346 g/mol. The van der Waals surface area contributed by atoms with E-state index in [0.29, 0.717) is 13.1 Å². The number of nitrogens with zero attached hydrogens (tertiary/aromatic N) is 1. The number of aliphatic hydroxyl groups is 1. The highest BCUT2D eigenvalue weighted by molar-refractivity contribution is 7.89. The summed E-state index contributed by atoms with van der Waals surface area (Å²) in [5.74, 6) is -0.368. The van der Waals surface area contributed by atoms with Crippen LogP contribution in [0.25, 0.3) is 0 Å². The Morgan fingerprint density at radius 1 is 1.48 bits per heavy atom. The summed E-state index contributed by atoms with van der Waals surface area (Å²) in [7, 11) is -3.90. The second-order valence-corrected chi connectivity index (χ2v) is 7.38. The molecule has 2 rings (SSSR count). The molecule has 1 aromatic rings. The van der Waals surface area contributed by atoms with Crippen molar-refractivity contribution in [3.05, 3.63) is 11.5 Å². The number of carbonyl (C=O) groups is 1. The number of hydrogen-bond donors (Lipinski definition) is 4. The number of hydrogen-bond acceptors (Lipinski definition) is 7. The predicted molar refractivity (Wildman–Crippen MR) is 81.1 cm³/mol. The molecule has 9 nitrogen and oxygen atoms in total. The number of sulfonamides is 1. The summed E-state index contributed by atoms with van der Waals surface area (Å²) < 4.78 is 31.8. The van der Waals surface area contributed by atoms with Crippen LogP contribution in [0, 0.1) is 19.8 Å². The Labute approximate surface area is 134 Å². The second kappa shape index (κ2) is 6.95. The molecule has 0 bridgehead atoms. The van der Waals surface area contributed by atoms with E-state index >= 15 is 0 Å². The highest BCUT2D eigenvalue weighted by atomic mass is 32.2. The molecule has 1 aliphatic rings. The lowest BCUT2D eigenvalue weighted by Crippen LogP contribution is -2.46. The second-order valence-electron chi connectivity index (χ2n) is 5.73. The predicted octanol–water partition coefficient (Wildman–Crippen LogP) is -1.35. The van der Waals surface area contributed by atoms with Gasteiger partial charge < -0.3 is 20.3 Å². The van der Waals surface area contributed by atoms with Gasteiger partial charge >= 0.3 is 0 Å². The van der Waals surface area contributed by atoms with Crippen LogP contribution >= 0.6 is 0 Å². The fraction of sp³-hybridized carbons (Fsp3) is 0.692. The van der Waals surface area contributed by atoms with Gasteiger partial charge in [0.1, 0.15) is 10.6 Å². The number of nitrogens with one attached hydrogen (secondary N) is 3. The molecule has 0 aliphatic carbocycles. The first-order valence-corrected chi connectivity index (χ1v) is 8.82. The van der Waals surface area contributed by atoms with Gasteiger partial charge in [0.05, 0.1) is 12.1 Å². The van der Waals surface area contributed by atoms with Crippen LogP contribution in [0.2, 0.25) is 0 Å². The molecule has 0 spiro atoms. The lowest BCUT2D eigenvalue weighted by molar-refractivity contribution is -0.122. The Morgan fingerprint density at radius 3 is 2.70 bits per heavy atom. The smallest absolute Gasteiger partial charge is 0.246 e. The van der Waals surface area contributed by atoms with Crippen LogP contribution < -0.4 is 15.4 Å². The van der Waals surface area contributed by atoms with E-state index in [2.05, 4.69) is 20.5 Å². The molecule has 1 amide bonds. The highest BCUT2D eigenvalue weighted by Gasteiger charge is 2.29. The van der Waals surface area contributed by atoms with Crippen molar-refractivity contribution in [1.29, 1.82) is 0 Å². The van der Waals surface area contributed by atoms with Crippen molar-refractivity contribution in [1.82, 2.24) is 20.5 Å². The zero-order valence-electron chi connectivity index (χ0n) is 13.3. The lowest BCUT2D eigenvalue weighted by atomic mass is 10.1. The van der Waals surface area contributed by atoms with E-state index in [1.165, 1.54) is 20.8 Å². The third kappa shape index (κ3) is 4.08. The maximum absolute atomic E-state index is 12.3. The van der Waals surface area contributed by atoms with E-state index in [4.69, 9.17) is 4.52 Å². The summed E-state index contributed by atoms with van der Waals surface area (Å²) in [6.07, 6.45) is -0.510. The van der Waals surface area contributed by atoms with Gasteiger partial charge in [-0.15, -0.1) is 0 Å². The number of aliphatic hydroxyl groups excluding tert-OH is 1. The molecule has 0 saturated carbocycles. The molecule has 23 heavy (non-hydrogen) atoms. The molecule has 1 saturated heterocycles. The average Bonchev–Trinajstić information content (AvgIpc) is 3.01. The SMILES string of the molecule is Cc1noc(C)c1S(=O)(=O)NC(C)C(=O)NCC1CNCC1O. The number of β-amino-alcohol motifs (C(OH)–C–C–N with tert-alkyl or cyclic N) is 1. The lowest BCUT2D eigenvalue weighted by Gasteiger charge is -2.17. The molecule has 10 heteroatoms. The Bertz CT molecular complexity index is 652. The maximum atomic E-state index is 12.3. The molecule has 4 N–H and O–H groups in total. The fourth-order valence-electron chi connectivity index (χ4n) is 2.52. The fourth-order valence-corrected chi connectivity index (χ4v) is 4.05. The van der Waals surface area contributed by atoms with E-state index in [1.807, 2.05) is 0 Å². The molecule has 1 fully saturated rings. The molecule has 2 heterocycles. The van der Waals surface area contributed by atoms with E-state index < -0.39 is 28.1 Å². The first-order chi connectivity index (χ1) is 10.7. The topological polar surface area (TPSA) is 134 Å². The van der Waals surface area contributed by atoms with Gasteiger partial charge in [-0.05, 0) is 20.8 Å².